The molecule has 0 N–H and O–H groups in total. The normalized spacial score (nSPS) is 21.9. The molecule has 1 aromatic carbocycles. The van der Waals surface area contributed by atoms with Gasteiger partial charge in [-0.1, -0.05) is 30.3 Å². The fraction of sp³-hybridized carbons (Fsp3) is 0.467. The second-order valence-electron chi connectivity index (χ2n) is 5.15. The molecule has 1 aromatic rings. The van der Waals surface area contributed by atoms with E-state index in [0.717, 1.165) is 19.1 Å². The molecule has 0 radical (unpaired) electrons. The number of nitrogens with zero attached hydrogens (tertiary/aromatic N) is 2. The summed E-state index contributed by atoms with van der Waals surface area (Å²) in [6, 6.07) is 9.64. The van der Waals surface area contributed by atoms with Crippen LogP contribution < -0.4 is 0 Å². The van der Waals surface area contributed by atoms with Crippen molar-refractivity contribution in [3.05, 3.63) is 48.0 Å². The summed E-state index contributed by atoms with van der Waals surface area (Å²) in [7, 11) is 0. The van der Waals surface area contributed by atoms with Crippen LogP contribution in [0.2, 0.25) is 0 Å². The number of rotatable bonds is 3. The second-order valence-corrected chi connectivity index (χ2v) is 5.15. The Morgan fingerprint density at radius 1 is 1.24 bits per heavy atom. The molecule has 90 valence electrons. The van der Waals surface area contributed by atoms with Crippen molar-refractivity contribution in [1.29, 1.82) is 0 Å². The maximum atomic E-state index is 3.79. The van der Waals surface area contributed by atoms with Crippen molar-refractivity contribution in [3.63, 3.8) is 0 Å². The van der Waals surface area contributed by atoms with Crippen molar-refractivity contribution < 1.29 is 0 Å². The summed E-state index contributed by atoms with van der Waals surface area (Å²) in [5, 5.41) is 0. The van der Waals surface area contributed by atoms with Crippen LogP contribution in [0.3, 0.4) is 0 Å². The summed E-state index contributed by atoms with van der Waals surface area (Å²) in [5.41, 5.74) is 3.08. The van der Waals surface area contributed by atoms with Gasteiger partial charge in [-0.2, -0.15) is 0 Å². The van der Waals surface area contributed by atoms with E-state index in [9.17, 15) is 0 Å². The minimum absolute atomic E-state index is 0.767. The molecular formula is C15H20N2. The molecule has 3 rings (SSSR count). The van der Waals surface area contributed by atoms with Crippen molar-refractivity contribution in [3.8, 4) is 0 Å². The molecule has 0 amide bonds. The molecular weight excluding hydrogens is 208 g/mol. The zero-order valence-electron chi connectivity index (χ0n) is 10.3. The molecule has 0 aromatic heterocycles. The van der Waals surface area contributed by atoms with Crippen LogP contribution in [0.4, 0.5) is 0 Å². The third-order valence-electron chi connectivity index (χ3n) is 4.00. The van der Waals surface area contributed by atoms with Crippen molar-refractivity contribution in [2.45, 2.75) is 19.0 Å². The Morgan fingerprint density at radius 3 is 2.76 bits per heavy atom. The van der Waals surface area contributed by atoms with Crippen LogP contribution >= 0.6 is 0 Å². The fourth-order valence-corrected chi connectivity index (χ4v) is 2.93. The Morgan fingerprint density at radius 2 is 2.00 bits per heavy atom. The minimum Gasteiger partial charge on any atom is -0.296 e. The topological polar surface area (TPSA) is 6.48 Å². The van der Waals surface area contributed by atoms with Gasteiger partial charge in [0.25, 0.3) is 0 Å². The van der Waals surface area contributed by atoms with Crippen molar-refractivity contribution >= 4 is 0 Å². The van der Waals surface area contributed by atoms with Crippen LogP contribution in [0.1, 0.15) is 11.1 Å². The summed E-state index contributed by atoms with van der Waals surface area (Å²) in [4.78, 5) is 5.10. The zero-order valence-corrected chi connectivity index (χ0v) is 10.3. The van der Waals surface area contributed by atoms with E-state index in [1.54, 1.807) is 5.56 Å². The first-order valence-corrected chi connectivity index (χ1v) is 6.51. The van der Waals surface area contributed by atoms with Crippen molar-refractivity contribution in [2.24, 2.45) is 0 Å². The van der Waals surface area contributed by atoms with E-state index in [1.807, 2.05) is 6.08 Å². The first-order chi connectivity index (χ1) is 8.36. The molecule has 2 heterocycles. The summed E-state index contributed by atoms with van der Waals surface area (Å²) in [6.07, 6.45) is 3.22. The Labute approximate surface area is 104 Å². The lowest BCUT2D eigenvalue weighted by Crippen LogP contribution is -2.59. The van der Waals surface area contributed by atoms with Gasteiger partial charge in [0.2, 0.25) is 0 Å². The first-order valence-electron chi connectivity index (χ1n) is 6.51. The monoisotopic (exact) mass is 228 g/mol. The van der Waals surface area contributed by atoms with Gasteiger partial charge >= 0.3 is 0 Å². The van der Waals surface area contributed by atoms with Crippen LogP contribution in [-0.4, -0.2) is 42.0 Å². The Hall–Kier alpha value is -1.12. The van der Waals surface area contributed by atoms with Gasteiger partial charge in [0.1, 0.15) is 0 Å². The van der Waals surface area contributed by atoms with Gasteiger partial charge < -0.3 is 0 Å². The van der Waals surface area contributed by atoms with Gasteiger partial charge in [-0.05, 0) is 17.5 Å². The molecule has 1 saturated heterocycles. The fourth-order valence-electron chi connectivity index (χ4n) is 2.93. The average Bonchev–Trinajstić information content (AvgIpc) is 2.33. The Balaban J connectivity index is 1.60. The second kappa shape index (κ2) is 4.63. The van der Waals surface area contributed by atoms with Gasteiger partial charge in [0, 0.05) is 38.8 Å². The molecule has 1 fully saturated rings. The highest BCUT2D eigenvalue weighted by Crippen LogP contribution is 2.23. The highest BCUT2D eigenvalue weighted by atomic mass is 15.3. The SMILES string of the molecule is C=CCN1CC(N2CCc3ccccc3C2)C1. The van der Waals surface area contributed by atoms with Crippen LogP contribution in [0.25, 0.3) is 0 Å². The molecule has 0 unspecified atom stereocenters. The summed E-state index contributed by atoms with van der Waals surface area (Å²) >= 11 is 0. The quantitative estimate of drug-likeness (QED) is 0.729. The van der Waals surface area contributed by atoms with E-state index in [4.69, 9.17) is 0 Å². The molecule has 0 atom stereocenters. The highest BCUT2D eigenvalue weighted by molar-refractivity contribution is 5.29. The Bertz CT molecular complexity index is 407. The van der Waals surface area contributed by atoms with Gasteiger partial charge in [-0.15, -0.1) is 6.58 Å². The largest absolute Gasteiger partial charge is 0.296 e. The maximum Gasteiger partial charge on any atom is 0.0354 e. The average molecular weight is 228 g/mol. The van der Waals surface area contributed by atoms with E-state index < -0.39 is 0 Å². The van der Waals surface area contributed by atoms with E-state index >= 15 is 0 Å². The molecule has 0 aliphatic carbocycles. The number of hydrogen-bond donors (Lipinski definition) is 0. The lowest BCUT2D eigenvalue weighted by Gasteiger charge is -2.46. The van der Waals surface area contributed by atoms with Gasteiger partial charge in [0.05, 0.1) is 0 Å². The minimum atomic E-state index is 0.767. The summed E-state index contributed by atoms with van der Waals surface area (Å²) in [6.45, 7) is 9.64. The summed E-state index contributed by atoms with van der Waals surface area (Å²) in [5.74, 6) is 0. The third kappa shape index (κ3) is 2.15. The zero-order chi connectivity index (χ0) is 11.7. The number of fused-ring (bicyclic) bond motifs is 1. The van der Waals surface area contributed by atoms with Crippen LogP contribution in [0, 0.1) is 0 Å². The van der Waals surface area contributed by atoms with E-state index in [2.05, 4.69) is 40.6 Å². The number of hydrogen-bond acceptors (Lipinski definition) is 2. The van der Waals surface area contributed by atoms with Gasteiger partial charge in [-0.3, -0.25) is 9.80 Å². The van der Waals surface area contributed by atoms with Crippen LogP contribution in [0.5, 0.6) is 0 Å². The number of likely N-dealkylation sites (tertiary alicyclic amines) is 1. The standard InChI is InChI=1S/C15H20N2/c1-2-8-16-11-15(12-16)17-9-7-13-5-3-4-6-14(13)10-17/h2-6,15H,1,7-12H2. The molecule has 2 aliphatic rings. The molecule has 0 bridgehead atoms. The van der Waals surface area contributed by atoms with Crippen molar-refractivity contribution in [1.82, 2.24) is 9.80 Å². The van der Waals surface area contributed by atoms with E-state index in [-0.39, 0.29) is 0 Å². The van der Waals surface area contributed by atoms with Gasteiger partial charge in [0.15, 0.2) is 0 Å². The van der Waals surface area contributed by atoms with E-state index in [0.29, 0.717) is 0 Å². The lowest BCUT2D eigenvalue weighted by atomic mass is 9.96. The number of benzene rings is 1. The molecule has 0 spiro atoms. The highest BCUT2D eigenvalue weighted by Gasteiger charge is 2.32. The third-order valence-corrected chi connectivity index (χ3v) is 4.00. The van der Waals surface area contributed by atoms with Crippen LogP contribution in [0.15, 0.2) is 36.9 Å². The molecule has 2 heteroatoms. The van der Waals surface area contributed by atoms with Crippen LogP contribution in [-0.2, 0) is 13.0 Å². The van der Waals surface area contributed by atoms with E-state index in [1.165, 1.54) is 31.6 Å². The smallest absolute Gasteiger partial charge is 0.0354 e. The molecule has 2 aliphatic heterocycles. The predicted octanol–water partition coefficient (Wildman–Crippen LogP) is 1.91. The van der Waals surface area contributed by atoms with Crippen molar-refractivity contribution in [2.75, 3.05) is 26.2 Å². The molecule has 0 saturated carbocycles. The predicted molar refractivity (Wildman–Crippen MR) is 71.0 cm³/mol. The maximum absolute atomic E-state index is 3.79. The molecule has 2 nitrogen and oxygen atoms in total. The lowest BCUT2D eigenvalue weighted by molar-refractivity contribution is 0.0337. The summed E-state index contributed by atoms with van der Waals surface area (Å²) < 4.78 is 0. The molecule has 17 heavy (non-hydrogen) atoms. The first kappa shape index (κ1) is 11.0. The Kier molecular flexibility index (Phi) is 3.00. The van der Waals surface area contributed by atoms with Gasteiger partial charge in [-0.25, -0.2) is 0 Å².